The summed E-state index contributed by atoms with van der Waals surface area (Å²) in [5, 5.41) is 0. The van der Waals surface area contributed by atoms with E-state index in [9.17, 15) is 0 Å². The minimum atomic E-state index is 0.423. The monoisotopic (exact) mass is 211 g/mol. The summed E-state index contributed by atoms with van der Waals surface area (Å²) in [6.45, 7) is 6.81. The van der Waals surface area contributed by atoms with Crippen molar-refractivity contribution in [3.63, 3.8) is 0 Å². The molecular formula is C14H29N. The van der Waals surface area contributed by atoms with Crippen LogP contribution in [0.1, 0.15) is 65.7 Å². The quantitative estimate of drug-likeness (QED) is 0.731. The Morgan fingerprint density at radius 1 is 1.20 bits per heavy atom. The van der Waals surface area contributed by atoms with Crippen LogP contribution in [0, 0.1) is 17.8 Å². The molecule has 2 N–H and O–H groups in total. The highest BCUT2D eigenvalue weighted by Crippen LogP contribution is 2.33. The first kappa shape index (κ1) is 13.0. The average Bonchev–Trinajstić information content (AvgIpc) is 2.26. The van der Waals surface area contributed by atoms with E-state index in [0.29, 0.717) is 12.0 Å². The number of hydrogen-bond donors (Lipinski definition) is 1. The lowest BCUT2D eigenvalue weighted by Gasteiger charge is -2.29. The standard InChI is InChI=1S/C14H29N/c1-4-12-6-5-7-13(10-12)8-9-14(15)11(2)3/h11-14H,4-10,15H2,1-3H3. The Labute approximate surface area is 95.8 Å². The Balaban J connectivity index is 2.20. The van der Waals surface area contributed by atoms with E-state index in [1.807, 2.05) is 0 Å². The molecule has 0 amide bonds. The summed E-state index contributed by atoms with van der Waals surface area (Å²) >= 11 is 0. The molecule has 1 aliphatic carbocycles. The van der Waals surface area contributed by atoms with E-state index in [1.54, 1.807) is 0 Å². The van der Waals surface area contributed by atoms with Gasteiger partial charge in [-0.3, -0.25) is 0 Å². The molecule has 0 heterocycles. The summed E-state index contributed by atoms with van der Waals surface area (Å²) in [6.07, 6.45) is 9.85. The molecule has 1 fully saturated rings. The molecule has 0 aliphatic heterocycles. The normalized spacial score (nSPS) is 29.4. The van der Waals surface area contributed by atoms with Gasteiger partial charge in [0.15, 0.2) is 0 Å². The molecular weight excluding hydrogens is 182 g/mol. The van der Waals surface area contributed by atoms with Crippen molar-refractivity contribution in [1.29, 1.82) is 0 Å². The Morgan fingerprint density at radius 2 is 1.87 bits per heavy atom. The van der Waals surface area contributed by atoms with Crippen LogP contribution in [0.2, 0.25) is 0 Å². The minimum absolute atomic E-state index is 0.423. The summed E-state index contributed by atoms with van der Waals surface area (Å²) in [7, 11) is 0. The van der Waals surface area contributed by atoms with E-state index in [2.05, 4.69) is 20.8 Å². The van der Waals surface area contributed by atoms with Gasteiger partial charge in [-0.15, -0.1) is 0 Å². The van der Waals surface area contributed by atoms with E-state index in [-0.39, 0.29) is 0 Å². The van der Waals surface area contributed by atoms with Crippen LogP contribution in [0.4, 0.5) is 0 Å². The molecule has 1 rings (SSSR count). The number of nitrogens with two attached hydrogens (primary N) is 1. The molecule has 1 heteroatoms. The fraction of sp³-hybridized carbons (Fsp3) is 1.00. The van der Waals surface area contributed by atoms with Crippen LogP contribution >= 0.6 is 0 Å². The third-order valence-electron chi connectivity index (χ3n) is 4.23. The third-order valence-corrected chi connectivity index (χ3v) is 4.23. The van der Waals surface area contributed by atoms with Crippen molar-refractivity contribution in [1.82, 2.24) is 0 Å². The highest BCUT2D eigenvalue weighted by atomic mass is 14.6. The number of rotatable bonds is 5. The van der Waals surface area contributed by atoms with Crippen molar-refractivity contribution < 1.29 is 0 Å². The summed E-state index contributed by atoms with van der Waals surface area (Å²) in [5.74, 6) is 2.64. The molecule has 3 unspecified atom stereocenters. The van der Waals surface area contributed by atoms with Crippen LogP contribution in [-0.4, -0.2) is 6.04 Å². The Kier molecular flexibility index (Phi) is 5.66. The zero-order chi connectivity index (χ0) is 11.3. The molecule has 1 nitrogen and oxygen atoms in total. The van der Waals surface area contributed by atoms with E-state index in [4.69, 9.17) is 5.73 Å². The van der Waals surface area contributed by atoms with Crippen LogP contribution in [0.3, 0.4) is 0 Å². The zero-order valence-corrected chi connectivity index (χ0v) is 10.8. The number of hydrogen-bond acceptors (Lipinski definition) is 1. The first-order valence-electron chi connectivity index (χ1n) is 6.89. The summed E-state index contributed by atoms with van der Waals surface area (Å²) in [6, 6.07) is 0.423. The molecule has 0 aromatic rings. The topological polar surface area (TPSA) is 26.0 Å². The second kappa shape index (κ2) is 6.52. The predicted octanol–water partition coefficient (Wildman–Crippen LogP) is 3.97. The molecule has 0 aromatic carbocycles. The van der Waals surface area contributed by atoms with Gasteiger partial charge in [0.25, 0.3) is 0 Å². The summed E-state index contributed by atoms with van der Waals surface area (Å²) < 4.78 is 0. The first-order valence-corrected chi connectivity index (χ1v) is 6.89. The van der Waals surface area contributed by atoms with Gasteiger partial charge in [0.2, 0.25) is 0 Å². The highest BCUT2D eigenvalue weighted by Gasteiger charge is 2.21. The molecule has 1 aliphatic rings. The maximum absolute atomic E-state index is 6.10. The second-order valence-corrected chi connectivity index (χ2v) is 5.79. The van der Waals surface area contributed by atoms with Crippen molar-refractivity contribution in [2.24, 2.45) is 23.5 Å². The molecule has 15 heavy (non-hydrogen) atoms. The Hall–Kier alpha value is -0.0400. The van der Waals surface area contributed by atoms with Crippen LogP contribution in [0.5, 0.6) is 0 Å². The van der Waals surface area contributed by atoms with Crippen molar-refractivity contribution in [3.8, 4) is 0 Å². The molecule has 0 aromatic heterocycles. The third kappa shape index (κ3) is 4.55. The SMILES string of the molecule is CCC1CCCC(CCC(N)C(C)C)C1. The molecule has 0 spiro atoms. The van der Waals surface area contributed by atoms with Crippen molar-refractivity contribution >= 4 is 0 Å². The molecule has 0 saturated heterocycles. The molecule has 3 atom stereocenters. The van der Waals surface area contributed by atoms with Gasteiger partial charge in [0.05, 0.1) is 0 Å². The van der Waals surface area contributed by atoms with E-state index >= 15 is 0 Å². The van der Waals surface area contributed by atoms with Crippen LogP contribution < -0.4 is 5.73 Å². The maximum Gasteiger partial charge on any atom is 0.00619 e. The van der Waals surface area contributed by atoms with Gasteiger partial charge >= 0.3 is 0 Å². The Bertz CT molecular complexity index is 165. The summed E-state index contributed by atoms with van der Waals surface area (Å²) in [4.78, 5) is 0. The second-order valence-electron chi connectivity index (χ2n) is 5.79. The van der Waals surface area contributed by atoms with Crippen molar-refractivity contribution in [3.05, 3.63) is 0 Å². The average molecular weight is 211 g/mol. The van der Waals surface area contributed by atoms with Crippen molar-refractivity contribution in [2.75, 3.05) is 0 Å². The van der Waals surface area contributed by atoms with Gasteiger partial charge in [0.1, 0.15) is 0 Å². The maximum atomic E-state index is 6.10. The lowest BCUT2D eigenvalue weighted by molar-refractivity contribution is 0.238. The minimum Gasteiger partial charge on any atom is -0.327 e. The lowest BCUT2D eigenvalue weighted by atomic mass is 9.77. The van der Waals surface area contributed by atoms with Crippen LogP contribution in [-0.2, 0) is 0 Å². The summed E-state index contributed by atoms with van der Waals surface area (Å²) in [5.41, 5.74) is 6.10. The molecule has 0 radical (unpaired) electrons. The lowest BCUT2D eigenvalue weighted by Crippen LogP contribution is -2.27. The first-order chi connectivity index (χ1) is 7.13. The molecule has 90 valence electrons. The Morgan fingerprint density at radius 3 is 2.47 bits per heavy atom. The largest absolute Gasteiger partial charge is 0.327 e. The van der Waals surface area contributed by atoms with Gasteiger partial charge in [0, 0.05) is 6.04 Å². The van der Waals surface area contributed by atoms with Crippen molar-refractivity contribution in [2.45, 2.75) is 71.8 Å². The van der Waals surface area contributed by atoms with E-state index in [1.165, 1.54) is 44.9 Å². The van der Waals surface area contributed by atoms with Gasteiger partial charge in [-0.25, -0.2) is 0 Å². The van der Waals surface area contributed by atoms with Gasteiger partial charge in [-0.2, -0.15) is 0 Å². The van der Waals surface area contributed by atoms with Gasteiger partial charge in [-0.05, 0) is 37.0 Å². The molecule has 0 bridgehead atoms. The smallest absolute Gasteiger partial charge is 0.00619 e. The fourth-order valence-electron chi connectivity index (χ4n) is 2.80. The molecule has 1 saturated carbocycles. The predicted molar refractivity (Wildman–Crippen MR) is 67.8 cm³/mol. The van der Waals surface area contributed by atoms with E-state index in [0.717, 1.165) is 11.8 Å². The highest BCUT2D eigenvalue weighted by molar-refractivity contribution is 4.75. The zero-order valence-electron chi connectivity index (χ0n) is 10.8. The van der Waals surface area contributed by atoms with Crippen LogP contribution in [0.15, 0.2) is 0 Å². The fourth-order valence-corrected chi connectivity index (χ4v) is 2.80. The van der Waals surface area contributed by atoms with Gasteiger partial charge < -0.3 is 5.73 Å². The van der Waals surface area contributed by atoms with Gasteiger partial charge in [-0.1, -0.05) is 46.5 Å². The van der Waals surface area contributed by atoms with E-state index < -0.39 is 0 Å². The van der Waals surface area contributed by atoms with Crippen LogP contribution in [0.25, 0.3) is 0 Å².